The standard InChI is InChI=1S/C19H16N2O8/c1-9-3-10(18(25)26)5-11(4-9)21-17(24)12-7-15(29-8-22)14(16(23)20-2)6-13(12)19(27)28/h3-8H,1-2H3,(H,20,23)(H,21,24)(H,25,26)(H,27,28). The molecule has 0 fully saturated rings. The molecule has 150 valence electrons. The second-order valence-corrected chi connectivity index (χ2v) is 5.84. The van der Waals surface area contributed by atoms with Crippen LogP contribution in [-0.4, -0.2) is 47.5 Å². The number of aryl methyl sites for hydroxylation is 1. The van der Waals surface area contributed by atoms with Crippen LogP contribution in [0.3, 0.4) is 0 Å². The summed E-state index contributed by atoms with van der Waals surface area (Å²) in [5, 5.41) is 23.3. The van der Waals surface area contributed by atoms with E-state index in [2.05, 4.69) is 10.6 Å². The average molecular weight is 400 g/mol. The minimum absolute atomic E-state index is 0.0313. The lowest BCUT2D eigenvalue weighted by atomic mass is 10.0. The first-order valence-electron chi connectivity index (χ1n) is 8.08. The van der Waals surface area contributed by atoms with Crippen molar-refractivity contribution in [1.82, 2.24) is 5.32 Å². The number of carbonyl (C=O) groups excluding carboxylic acids is 3. The van der Waals surface area contributed by atoms with Crippen molar-refractivity contribution >= 4 is 35.9 Å². The van der Waals surface area contributed by atoms with Crippen LogP contribution < -0.4 is 15.4 Å². The summed E-state index contributed by atoms with van der Waals surface area (Å²) >= 11 is 0. The molecule has 2 rings (SSSR count). The molecular formula is C19H16N2O8. The van der Waals surface area contributed by atoms with Gasteiger partial charge in [-0.05, 0) is 42.8 Å². The lowest BCUT2D eigenvalue weighted by Crippen LogP contribution is -2.22. The highest BCUT2D eigenvalue weighted by Gasteiger charge is 2.24. The number of carboxylic acids is 2. The van der Waals surface area contributed by atoms with Gasteiger partial charge in [-0.2, -0.15) is 0 Å². The molecule has 0 spiro atoms. The van der Waals surface area contributed by atoms with Crippen LogP contribution in [0, 0.1) is 6.92 Å². The highest BCUT2D eigenvalue weighted by Crippen LogP contribution is 2.25. The smallest absolute Gasteiger partial charge is 0.336 e. The first kappa shape index (κ1) is 21.1. The van der Waals surface area contributed by atoms with E-state index in [-0.39, 0.29) is 34.6 Å². The predicted octanol–water partition coefficient (Wildman–Crippen LogP) is 1.54. The maximum Gasteiger partial charge on any atom is 0.336 e. The van der Waals surface area contributed by atoms with Crippen molar-refractivity contribution in [2.75, 3.05) is 12.4 Å². The Morgan fingerprint density at radius 1 is 0.897 bits per heavy atom. The Morgan fingerprint density at radius 2 is 1.59 bits per heavy atom. The molecule has 0 saturated heterocycles. The van der Waals surface area contributed by atoms with E-state index in [4.69, 9.17) is 9.84 Å². The third kappa shape index (κ3) is 4.75. The zero-order valence-corrected chi connectivity index (χ0v) is 15.3. The average Bonchev–Trinajstić information content (AvgIpc) is 2.66. The van der Waals surface area contributed by atoms with Gasteiger partial charge in [0.05, 0.1) is 22.3 Å². The lowest BCUT2D eigenvalue weighted by molar-refractivity contribution is -0.120. The highest BCUT2D eigenvalue weighted by molar-refractivity contribution is 6.13. The number of anilines is 1. The molecule has 0 saturated carbocycles. The van der Waals surface area contributed by atoms with Gasteiger partial charge in [-0.25, -0.2) is 9.59 Å². The zero-order valence-electron chi connectivity index (χ0n) is 15.3. The second kappa shape index (κ2) is 8.65. The largest absolute Gasteiger partial charge is 0.478 e. The fraction of sp³-hybridized carbons (Fsp3) is 0.105. The van der Waals surface area contributed by atoms with Crippen molar-refractivity contribution < 1.29 is 38.9 Å². The third-order valence-electron chi connectivity index (χ3n) is 3.82. The molecule has 0 aliphatic heterocycles. The normalized spacial score (nSPS) is 10.0. The van der Waals surface area contributed by atoms with Gasteiger partial charge in [0.1, 0.15) is 5.75 Å². The molecule has 29 heavy (non-hydrogen) atoms. The molecule has 0 heterocycles. The van der Waals surface area contributed by atoms with Crippen molar-refractivity contribution in [3.63, 3.8) is 0 Å². The summed E-state index contributed by atoms with van der Waals surface area (Å²) in [6, 6.07) is 5.95. The minimum Gasteiger partial charge on any atom is -0.478 e. The molecule has 0 radical (unpaired) electrons. The molecule has 2 aromatic rings. The molecule has 0 atom stereocenters. The molecule has 0 aliphatic carbocycles. The zero-order chi connectivity index (χ0) is 21.7. The van der Waals surface area contributed by atoms with Crippen LogP contribution in [0.2, 0.25) is 0 Å². The van der Waals surface area contributed by atoms with Gasteiger partial charge < -0.3 is 25.6 Å². The van der Waals surface area contributed by atoms with Gasteiger partial charge in [0.2, 0.25) is 0 Å². The molecule has 4 N–H and O–H groups in total. The molecule has 0 unspecified atom stereocenters. The maximum atomic E-state index is 12.7. The van der Waals surface area contributed by atoms with Crippen LogP contribution >= 0.6 is 0 Å². The first-order valence-corrected chi connectivity index (χ1v) is 8.08. The van der Waals surface area contributed by atoms with Gasteiger partial charge in [0, 0.05) is 12.7 Å². The topological polar surface area (TPSA) is 159 Å². The van der Waals surface area contributed by atoms with Gasteiger partial charge in [-0.3, -0.25) is 14.4 Å². The van der Waals surface area contributed by atoms with Crippen molar-refractivity contribution in [2.24, 2.45) is 0 Å². The lowest BCUT2D eigenvalue weighted by Gasteiger charge is -2.13. The van der Waals surface area contributed by atoms with Crippen LogP contribution in [-0.2, 0) is 4.79 Å². The fourth-order valence-corrected chi connectivity index (χ4v) is 2.58. The molecule has 2 amide bonds. The van der Waals surface area contributed by atoms with Gasteiger partial charge >= 0.3 is 11.9 Å². The minimum atomic E-state index is -1.49. The van der Waals surface area contributed by atoms with Crippen LogP contribution in [0.25, 0.3) is 0 Å². The summed E-state index contributed by atoms with van der Waals surface area (Å²) < 4.78 is 4.71. The van der Waals surface area contributed by atoms with Gasteiger partial charge in [-0.15, -0.1) is 0 Å². The van der Waals surface area contributed by atoms with E-state index in [1.807, 2.05) is 0 Å². The van der Waals surface area contributed by atoms with Crippen LogP contribution in [0.1, 0.15) is 47.0 Å². The Morgan fingerprint density at radius 3 is 2.14 bits per heavy atom. The predicted molar refractivity (Wildman–Crippen MR) is 99.6 cm³/mol. The Hall–Kier alpha value is -4.21. The van der Waals surface area contributed by atoms with E-state index < -0.39 is 29.3 Å². The van der Waals surface area contributed by atoms with Crippen molar-refractivity contribution in [2.45, 2.75) is 6.92 Å². The van der Waals surface area contributed by atoms with Gasteiger partial charge in [-0.1, -0.05) is 0 Å². The molecule has 10 heteroatoms. The van der Waals surface area contributed by atoms with Crippen LogP contribution in [0.5, 0.6) is 5.75 Å². The monoisotopic (exact) mass is 400 g/mol. The van der Waals surface area contributed by atoms with E-state index in [0.717, 1.165) is 12.1 Å². The first-order chi connectivity index (χ1) is 13.7. The number of aromatic carboxylic acids is 2. The number of amides is 2. The Bertz CT molecular complexity index is 1030. The summed E-state index contributed by atoms with van der Waals surface area (Å²) in [5.74, 6) is -4.63. The van der Waals surface area contributed by atoms with E-state index in [9.17, 15) is 29.1 Å². The third-order valence-corrected chi connectivity index (χ3v) is 3.82. The number of benzene rings is 2. The van der Waals surface area contributed by atoms with Gasteiger partial charge in [0.15, 0.2) is 0 Å². The summed E-state index contributed by atoms with van der Waals surface area (Å²) in [5.41, 5.74) is -0.544. The fourth-order valence-electron chi connectivity index (χ4n) is 2.58. The number of carbonyl (C=O) groups is 5. The molecule has 0 aromatic heterocycles. The summed E-state index contributed by atoms with van der Waals surface area (Å²) in [6.45, 7) is 1.66. The Labute approximate surface area is 164 Å². The van der Waals surface area contributed by atoms with Crippen molar-refractivity contribution in [3.8, 4) is 5.75 Å². The maximum absolute atomic E-state index is 12.7. The quantitative estimate of drug-likeness (QED) is 0.509. The Balaban J connectivity index is 2.55. The SMILES string of the molecule is CNC(=O)c1cc(C(=O)O)c(C(=O)Nc2cc(C)cc(C(=O)O)c2)cc1OC=O. The summed E-state index contributed by atoms with van der Waals surface area (Å²) in [6.07, 6.45) is 0. The van der Waals surface area contributed by atoms with Gasteiger partial charge in [0.25, 0.3) is 18.3 Å². The number of rotatable bonds is 7. The van der Waals surface area contributed by atoms with Crippen LogP contribution in [0.4, 0.5) is 5.69 Å². The number of nitrogens with one attached hydrogen (secondary N) is 2. The highest BCUT2D eigenvalue weighted by atomic mass is 16.5. The van der Waals surface area contributed by atoms with Crippen molar-refractivity contribution in [3.05, 3.63) is 58.1 Å². The molecule has 0 bridgehead atoms. The number of carboxylic acid groups (broad SMARTS) is 2. The number of hydrogen-bond acceptors (Lipinski definition) is 6. The molecule has 10 nitrogen and oxygen atoms in total. The van der Waals surface area contributed by atoms with Crippen LogP contribution in [0.15, 0.2) is 30.3 Å². The molecule has 2 aromatic carbocycles. The number of hydrogen-bond donors (Lipinski definition) is 4. The summed E-state index contributed by atoms with van der Waals surface area (Å²) in [4.78, 5) is 58.1. The van der Waals surface area contributed by atoms with E-state index in [1.165, 1.54) is 25.2 Å². The second-order valence-electron chi connectivity index (χ2n) is 5.84. The summed E-state index contributed by atoms with van der Waals surface area (Å²) in [7, 11) is 1.30. The molecule has 0 aliphatic rings. The number of ether oxygens (including phenoxy) is 1. The Kier molecular flexibility index (Phi) is 6.29. The molecular weight excluding hydrogens is 384 g/mol. The van der Waals surface area contributed by atoms with E-state index in [0.29, 0.717) is 5.56 Å². The van der Waals surface area contributed by atoms with E-state index >= 15 is 0 Å². The van der Waals surface area contributed by atoms with Crippen molar-refractivity contribution in [1.29, 1.82) is 0 Å². The van der Waals surface area contributed by atoms with E-state index in [1.54, 1.807) is 6.92 Å².